The summed E-state index contributed by atoms with van der Waals surface area (Å²) >= 11 is 1.85. The number of nitrogens with zero attached hydrogens (tertiary/aromatic N) is 3. The van der Waals surface area contributed by atoms with Crippen molar-refractivity contribution in [3.8, 4) is 78.7 Å². The van der Waals surface area contributed by atoms with E-state index in [1.54, 1.807) is 0 Å². The summed E-state index contributed by atoms with van der Waals surface area (Å²) < 4.78 is 2.61. The van der Waals surface area contributed by atoms with Gasteiger partial charge >= 0.3 is 0 Å². The molecule has 0 saturated heterocycles. The van der Waals surface area contributed by atoms with E-state index in [0.29, 0.717) is 17.5 Å². The van der Waals surface area contributed by atoms with Gasteiger partial charge in [-0.2, -0.15) is 0 Å². The van der Waals surface area contributed by atoms with Gasteiger partial charge in [-0.25, -0.2) is 15.0 Å². The number of hydrogen-bond acceptors (Lipinski definition) is 4. The maximum absolute atomic E-state index is 5.27. The summed E-state index contributed by atoms with van der Waals surface area (Å²) in [6, 6.07) is 76.7. The van der Waals surface area contributed by atoms with Crippen LogP contribution in [0.15, 0.2) is 212 Å². The van der Waals surface area contributed by atoms with Gasteiger partial charge in [0.05, 0.1) is 5.41 Å². The van der Waals surface area contributed by atoms with E-state index < -0.39 is 5.41 Å². The lowest BCUT2D eigenvalue weighted by Gasteiger charge is -2.30. The van der Waals surface area contributed by atoms with Crippen LogP contribution in [-0.4, -0.2) is 15.0 Å². The molecular weight excluding hydrogens is 771 g/mol. The fourth-order valence-electron chi connectivity index (χ4n) is 10.2. The molecule has 13 rings (SSSR count). The molecule has 2 aromatic heterocycles. The summed E-state index contributed by atoms with van der Waals surface area (Å²) in [5.41, 5.74) is 17.3. The zero-order chi connectivity index (χ0) is 40.8. The van der Waals surface area contributed by atoms with Gasteiger partial charge in [0.1, 0.15) is 0 Å². The predicted molar refractivity (Wildman–Crippen MR) is 256 cm³/mol. The van der Waals surface area contributed by atoms with E-state index in [2.05, 4.69) is 206 Å². The second-order valence-corrected chi connectivity index (χ2v) is 17.4. The Hall–Kier alpha value is -7.79. The topological polar surface area (TPSA) is 38.7 Å². The van der Waals surface area contributed by atoms with Crippen LogP contribution < -0.4 is 0 Å². The van der Waals surface area contributed by atoms with Crippen molar-refractivity contribution < 1.29 is 0 Å². The monoisotopic (exact) mass is 805 g/mol. The highest BCUT2D eigenvalue weighted by Crippen LogP contribution is 2.63. The Labute approximate surface area is 363 Å². The molecule has 0 bridgehead atoms. The molecule has 0 atom stereocenters. The Kier molecular flexibility index (Phi) is 7.69. The minimum Gasteiger partial charge on any atom is -0.208 e. The van der Waals surface area contributed by atoms with Crippen molar-refractivity contribution in [2.24, 2.45) is 0 Å². The fourth-order valence-corrected chi connectivity index (χ4v) is 11.3. The Morgan fingerprint density at radius 2 is 0.726 bits per heavy atom. The molecule has 2 aliphatic carbocycles. The van der Waals surface area contributed by atoms with Gasteiger partial charge in [0.15, 0.2) is 17.5 Å². The molecule has 288 valence electrons. The molecule has 0 fully saturated rings. The number of hydrogen-bond donors (Lipinski definition) is 0. The molecule has 2 aliphatic rings. The minimum absolute atomic E-state index is 0.409. The normalized spacial score (nSPS) is 13.0. The lowest BCUT2D eigenvalue weighted by Crippen LogP contribution is -2.25. The van der Waals surface area contributed by atoms with E-state index in [1.807, 2.05) is 17.4 Å². The van der Waals surface area contributed by atoms with Gasteiger partial charge in [-0.05, 0) is 91.0 Å². The van der Waals surface area contributed by atoms with Gasteiger partial charge < -0.3 is 0 Å². The Balaban J connectivity index is 0.960. The molecule has 1 spiro atoms. The molecule has 3 nitrogen and oxygen atoms in total. The molecule has 4 heteroatoms. The molecule has 0 N–H and O–H groups in total. The maximum Gasteiger partial charge on any atom is 0.164 e. The fraction of sp³-hybridized carbons (Fsp3) is 0.0172. The summed E-state index contributed by atoms with van der Waals surface area (Å²) in [6.45, 7) is 0. The first-order valence-corrected chi connectivity index (χ1v) is 21.9. The van der Waals surface area contributed by atoms with E-state index in [9.17, 15) is 0 Å². The van der Waals surface area contributed by atoms with Crippen molar-refractivity contribution in [1.82, 2.24) is 15.0 Å². The van der Waals surface area contributed by atoms with E-state index in [1.165, 1.54) is 70.2 Å². The van der Waals surface area contributed by atoms with E-state index in [-0.39, 0.29) is 0 Å². The molecular formula is C58H35N3S. The quantitative estimate of drug-likeness (QED) is 0.174. The Bertz CT molecular complexity index is 3540. The van der Waals surface area contributed by atoms with Crippen LogP contribution in [0.1, 0.15) is 22.3 Å². The van der Waals surface area contributed by atoms with Crippen molar-refractivity contribution in [2.75, 3.05) is 0 Å². The maximum atomic E-state index is 5.27. The average Bonchev–Trinajstić information content (AvgIpc) is 3.98. The van der Waals surface area contributed by atoms with Gasteiger partial charge in [0, 0.05) is 36.9 Å². The van der Waals surface area contributed by atoms with Gasteiger partial charge in [-0.3, -0.25) is 0 Å². The highest BCUT2D eigenvalue weighted by Gasteiger charge is 2.51. The summed E-state index contributed by atoms with van der Waals surface area (Å²) in [7, 11) is 0. The molecule has 62 heavy (non-hydrogen) atoms. The van der Waals surface area contributed by atoms with Gasteiger partial charge in [-0.1, -0.05) is 188 Å². The van der Waals surface area contributed by atoms with Crippen LogP contribution >= 0.6 is 11.3 Å². The Morgan fingerprint density at radius 3 is 1.44 bits per heavy atom. The molecule has 0 unspecified atom stereocenters. The third kappa shape index (κ3) is 5.20. The predicted octanol–water partition coefficient (Wildman–Crippen LogP) is 14.9. The smallest absolute Gasteiger partial charge is 0.164 e. The van der Waals surface area contributed by atoms with Crippen LogP contribution in [0.3, 0.4) is 0 Å². The van der Waals surface area contributed by atoms with Crippen molar-refractivity contribution in [3.05, 3.63) is 235 Å². The largest absolute Gasteiger partial charge is 0.208 e. The molecule has 0 aliphatic heterocycles. The molecule has 0 saturated carbocycles. The zero-order valence-corrected chi connectivity index (χ0v) is 34.3. The first kappa shape index (κ1) is 35.0. The lowest BCUT2D eigenvalue weighted by atomic mass is 9.70. The second-order valence-electron chi connectivity index (χ2n) is 16.3. The molecule has 0 amide bonds. The number of fused-ring (bicyclic) bond motifs is 13. The van der Waals surface area contributed by atoms with Crippen LogP contribution in [0.2, 0.25) is 0 Å². The van der Waals surface area contributed by atoms with Crippen molar-refractivity contribution in [2.45, 2.75) is 5.41 Å². The number of benzene rings is 9. The second kappa shape index (κ2) is 13.6. The zero-order valence-electron chi connectivity index (χ0n) is 33.5. The van der Waals surface area contributed by atoms with Crippen LogP contribution in [0.5, 0.6) is 0 Å². The van der Waals surface area contributed by atoms with Crippen molar-refractivity contribution in [1.29, 1.82) is 0 Å². The number of thiophene rings is 1. The van der Waals surface area contributed by atoms with Crippen LogP contribution in [0, 0.1) is 0 Å². The van der Waals surface area contributed by atoms with E-state index in [4.69, 9.17) is 15.0 Å². The summed E-state index contributed by atoms with van der Waals surface area (Å²) in [6.07, 6.45) is 0. The molecule has 0 radical (unpaired) electrons. The first-order valence-electron chi connectivity index (χ1n) is 21.1. The first-order chi connectivity index (χ1) is 30.7. The molecule has 11 aromatic rings. The van der Waals surface area contributed by atoms with Crippen LogP contribution in [0.25, 0.3) is 98.8 Å². The minimum atomic E-state index is -0.409. The summed E-state index contributed by atoms with van der Waals surface area (Å²) in [5.74, 6) is 1.92. The lowest BCUT2D eigenvalue weighted by molar-refractivity contribution is 0.794. The number of aromatic nitrogens is 3. The SMILES string of the molecule is c1ccc(-c2cccc(-c3nc(-c4ccc(-c5ccc6c(c5)sc5ccccc56)cc4)nc(-c4ccc5c(c4)-c4ccccc4C54c5ccccc5-c5ccccc54)n3)c2)cc1. The van der Waals surface area contributed by atoms with Crippen molar-refractivity contribution >= 4 is 31.5 Å². The standard InChI is InChI=1S/C58H35N3S/c1-2-13-36(14-3-1)39-15-12-16-41(33-39)56-59-55(38-27-25-37(26-28-38)40-29-31-47-46-20-7-11-24-53(46)62-54(47)35-40)60-57(61-56)42-30-32-52-48(34-42)45-19-6-10-23-51(45)58(52)49-21-8-4-17-43(49)44-18-5-9-22-50(44)58/h1-35H. The highest BCUT2D eigenvalue weighted by molar-refractivity contribution is 7.25. The van der Waals surface area contributed by atoms with Gasteiger partial charge in [0.2, 0.25) is 0 Å². The van der Waals surface area contributed by atoms with Gasteiger partial charge in [0.25, 0.3) is 0 Å². The third-order valence-electron chi connectivity index (χ3n) is 13.0. The van der Waals surface area contributed by atoms with Crippen LogP contribution in [-0.2, 0) is 5.41 Å². The summed E-state index contributed by atoms with van der Waals surface area (Å²) in [4.78, 5) is 15.7. The van der Waals surface area contributed by atoms with E-state index >= 15 is 0 Å². The van der Waals surface area contributed by atoms with Crippen LogP contribution in [0.4, 0.5) is 0 Å². The third-order valence-corrected chi connectivity index (χ3v) is 14.1. The van der Waals surface area contributed by atoms with E-state index in [0.717, 1.165) is 33.4 Å². The van der Waals surface area contributed by atoms with Crippen molar-refractivity contribution in [3.63, 3.8) is 0 Å². The molecule has 9 aromatic carbocycles. The number of rotatable bonds is 5. The average molecular weight is 806 g/mol. The Morgan fingerprint density at radius 1 is 0.274 bits per heavy atom. The summed E-state index contributed by atoms with van der Waals surface area (Å²) in [5, 5.41) is 2.61. The highest BCUT2D eigenvalue weighted by atomic mass is 32.1. The van der Waals surface area contributed by atoms with Gasteiger partial charge in [-0.15, -0.1) is 11.3 Å². The molecule has 2 heterocycles.